The second kappa shape index (κ2) is 4.61. The van der Waals surface area contributed by atoms with Crippen LogP contribution in [0.2, 0.25) is 0 Å². The molecule has 0 spiro atoms. The highest BCUT2D eigenvalue weighted by atomic mass is 32.1. The number of thiol groups is 1. The third-order valence-electron chi connectivity index (χ3n) is 1.51. The molecule has 1 rings (SSSR count). The normalized spacial score (nSPS) is 11.0. The number of hydrogen-bond acceptors (Lipinski definition) is 4. The van der Waals surface area contributed by atoms with Gasteiger partial charge in [-0.25, -0.2) is 14.9 Å². The molecule has 0 bridgehead atoms. The Morgan fingerprint density at radius 2 is 2.12 bits per heavy atom. The van der Waals surface area contributed by atoms with Crippen molar-refractivity contribution in [3.8, 4) is 0 Å². The molecule has 0 aliphatic heterocycles. The van der Waals surface area contributed by atoms with Gasteiger partial charge in [0.15, 0.2) is 0 Å². The maximum atomic E-state index is 11.4. The van der Waals surface area contributed by atoms with Crippen LogP contribution in [0.3, 0.4) is 0 Å². The van der Waals surface area contributed by atoms with Crippen LogP contribution in [0.4, 0.5) is 4.79 Å². The predicted molar refractivity (Wildman–Crippen MR) is 63.5 cm³/mol. The largest absolute Gasteiger partial charge is 0.443 e. The minimum absolute atomic E-state index is 0.377. The predicted octanol–water partition coefficient (Wildman–Crippen LogP) is 1.62. The zero-order chi connectivity index (χ0) is 12.3. The summed E-state index contributed by atoms with van der Waals surface area (Å²) < 4.78 is 6.03. The van der Waals surface area contributed by atoms with Crippen LogP contribution >= 0.6 is 12.6 Å². The quantitative estimate of drug-likeness (QED) is 0.736. The Kier molecular flexibility index (Phi) is 3.64. The average Bonchev–Trinajstić information content (AvgIpc) is 2.06. The molecule has 1 amide bonds. The smallest absolute Gasteiger partial charge is 0.427 e. The van der Waals surface area contributed by atoms with Crippen molar-refractivity contribution in [1.82, 2.24) is 4.68 Å². The molecule has 0 atom stereocenters. The van der Waals surface area contributed by atoms with Crippen molar-refractivity contribution in [1.29, 1.82) is 0 Å². The maximum absolute atomic E-state index is 11.4. The maximum Gasteiger partial charge on any atom is 0.427 e. The lowest BCUT2D eigenvalue weighted by Crippen LogP contribution is -2.36. The van der Waals surface area contributed by atoms with E-state index in [2.05, 4.69) is 18.1 Å². The lowest BCUT2D eigenvalue weighted by atomic mass is 10.2. The molecule has 0 saturated carbocycles. The van der Waals surface area contributed by atoms with E-state index in [1.165, 1.54) is 12.3 Å². The van der Waals surface area contributed by atoms with Crippen molar-refractivity contribution in [2.24, 2.45) is 0 Å². The molecule has 6 heteroatoms. The number of nitrogens with one attached hydrogen (secondary N) is 1. The van der Waals surface area contributed by atoms with Crippen LogP contribution in [0, 0.1) is 0 Å². The molecule has 0 saturated heterocycles. The Hall–Kier alpha value is -1.43. The minimum atomic E-state index is -0.679. The Labute approximate surface area is 98.8 Å². The number of pyridine rings is 1. The minimum Gasteiger partial charge on any atom is -0.443 e. The summed E-state index contributed by atoms with van der Waals surface area (Å²) in [7, 11) is 0. The van der Waals surface area contributed by atoms with Crippen molar-refractivity contribution in [2.75, 3.05) is 5.43 Å². The molecule has 0 aliphatic carbocycles. The molecule has 0 fully saturated rings. The first-order valence-electron chi connectivity index (χ1n) is 4.69. The Morgan fingerprint density at radius 3 is 2.62 bits per heavy atom. The molecule has 0 aliphatic rings. The van der Waals surface area contributed by atoms with Crippen LogP contribution in [-0.2, 0) is 4.74 Å². The number of carbonyl (C=O) groups excluding carboxylic acids is 1. The fraction of sp³-hybridized carbons (Fsp3) is 0.400. The first-order valence-corrected chi connectivity index (χ1v) is 5.14. The van der Waals surface area contributed by atoms with E-state index in [0.717, 1.165) is 4.68 Å². The van der Waals surface area contributed by atoms with E-state index in [4.69, 9.17) is 4.74 Å². The monoisotopic (exact) mass is 242 g/mol. The topological polar surface area (TPSA) is 60.3 Å². The fourth-order valence-corrected chi connectivity index (χ4v) is 1.14. The molecule has 0 radical (unpaired) electrons. The van der Waals surface area contributed by atoms with Crippen LogP contribution in [0.15, 0.2) is 28.0 Å². The molecule has 0 aromatic carbocycles. The lowest BCUT2D eigenvalue weighted by molar-refractivity contribution is 0.0612. The van der Waals surface area contributed by atoms with Crippen molar-refractivity contribution >= 4 is 18.7 Å². The molecule has 16 heavy (non-hydrogen) atoms. The molecule has 88 valence electrons. The van der Waals surface area contributed by atoms with Crippen molar-refractivity contribution in [3.63, 3.8) is 0 Å². The van der Waals surface area contributed by atoms with E-state index in [9.17, 15) is 9.59 Å². The number of ether oxygens (including phenoxy) is 1. The Morgan fingerprint density at radius 1 is 1.50 bits per heavy atom. The van der Waals surface area contributed by atoms with Gasteiger partial charge < -0.3 is 4.74 Å². The molecule has 1 N–H and O–H groups in total. The summed E-state index contributed by atoms with van der Waals surface area (Å²) in [5.41, 5.74) is 1.33. The van der Waals surface area contributed by atoms with E-state index in [-0.39, 0.29) is 5.56 Å². The molecule has 1 aromatic heterocycles. The number of amides is 1. The molecule has 5 nitrogen and oxygen atoms in total. The van der Waals surface area contributed by atoms with Gasteiger partial charge in [-0.2, -0.15) is 0 Å². The zero-order valence-electron chi connectivity index (χ0n) is 9.35. The van der Waals surface area contributed by atoms with Gasteiger partial charge in [-0.15, -0.1) is 12.6 Å². The van der Waals surface area contributed by atoms with Gasteiger partial charge in [-0.1, -0.05) is 0 Å². The standard InChI is InChI=1S/C10H14N2O3S/c1-10(2,3)15-9(14)11-12-5-4-7(16)6-8(12)13/h4-6,16H,1-3H3,(H,11,14). The summed E-state index contributed by atoms with van der Waals surface area (Å²) in [5, 5.41) is 0. The van der Waals surface area contributed by atoms with E-state index >= 15 is 0 Å². The summed E-state index contributed by atoms with van der Waals surface area (Å²) in [6, 6.07) is 2.88. The highest BCUT2D eigenvalue weighted by Crippen LogP contribution is 2.06. The van der Waals surface area contributed by atoms with Crippen molar-refractivity contribution in [2.45, 2.75) is 31.3 Å². The second-order valence-electron chi connectivity index (χ2n) is 4.21. The third-order valence-corrected chi connectivity index (χ3v) is 1.79. The second-order valence-corrected chi connectivity index (χ2v) is 4.72. The summed E-state index contributed by atoms with van der Waals surface area (Å²) >= 11 is 4.00. The highest BCUT2D eigenvalue weighted by Gasteiger charge is 2.16. The Bertz CT molecular complexity index is 448. The van der Waals surface area contributed by atoms with E-state index in [1.807, 2.05) is 0 Å². The number of nitrogens with zero attached hydrogens (tertiary/aromatic N) is 1. The van der Waals surface area contributed by atoms with Gasteiger partial charge in [-0.05, 0) is 26.8 Å². The molecule has 0 unspecified atom stereocenters. The summed E-state index contributed by atoms with van der Waals surface area (Å²) in [4.78, 5) is 23.3. The molecular weight excluding hydrogens is 228 g/mol. The first-order chi connectivity index (χ1) is 7.28. The fourth-order valence-electron chi connectivity index (χ4n) is 0.960. The van der Waals surface area contributed by atoms with Gasteiger partial charge in [0.2, 0.25) is 0 Å². The highest BCUT2D eigenvalue weighted by molar-refractivity contribution is 7.80. The Balaban J connectivity index is 2.74. The van der Waals surface area contributed by atoms with Gasteiger partial charge in [0, 0.05) is 17.2 Å². The SMILES string of the molecule is CC(C)(C)OC(=O)Nn1ccc(S)cc1=O. The summed E-state index contributed by atoms with van der Waals surface area (Å²) in [6.07, 6.45) is 0.732. The van der Waals surface area contributed by atoms with Crippen molar-refractivity contribution in [3.05, 3.63) is 28.7 Å². The van der Waals surface area contributed by atoms with Crippen LogP contribution in [0.1, 0.15) is 20.8 Å². The number of hydrogen-bond donors (Lipinski definition) is 2. The lowest BCUT2D eigenvalue weighted by Gasteiger charge is -2.20. The van der Waals surface area contributed by atoms with E-state index in [1.54, 1.807) is 26.8 Å². The van der Waals surface area contributed by atoms with E-state index in [0.29, 0.717) is 4.90 Å². The number of rotatable bonds is 1. The third kappa shape index (κ3) is 3.98. The van der Waals surface area contributed by atoms with Gasteiger partial charge in [0.05, 0.1) is 0 Å². The van der Waals surface area contributed by atoms with Crippen LogP contribution in [0.5, 0.6) is 0 Å². The van der Waals surface area contributed by atoms with Gasteiger partial charge >= 0.3 is 6.09 Å². The van der Waals surface area contributed by atoms with Gasteiger partial charge in [0.25, 0.3) is 5.56 Å². The van der Waals surface area contributed by atoms with Gasteiger partial charge in [0.1, 0.15) is 5.60 Å². The van der Waals surface area contributed by atoms with E-state index < -0.39 is 11.7 Å². The molecule has 1 heterocycles. The number of aromatic nitrogens is 1. The zero-order valence-corrected chi connectivity index (χ0v) is 10.2. The van der Waals surface area contributed by atoms with Gasteiger partial charge in [-0.3, -0.25) is 4.79 Å². The first kappa shape index (κ1) is 12.6. The average molecular weight is 242 g/mol. The van der Waals surface area contributed by atoms with Crippen LogP contribution < -0.4 is 11.0 Å². The van der Waals surface area contributed by atoms with Crippen molar-refractivity contribution < 1.29 is 9.53 Å². The summed E-state index contributed by atoms with van der Waals surface area (Å²) in [6.45, 7) is 5.23. The molecule has 1 aromatic rings. The molecular formula is C10H14N2O3S. The summed E-state index contributed by atoms with van der Waals surface area (Å²) in [5.74, 6) is 0. The van der Waals surface area contributed by atoms with Crippen LogP contribution in [-0.4, -0.2) is 16.4 Å². The van der Waals surface area contributed by atoms with Crippen LogP contribution in [0.25, 0.3) is 0 Å². The number of carbonyl (C=O) groups is 1.